The zero-order valence-electron chi connectivity index (χ0n) is 18.9. The standard InChI is InChI=1S/C18H33BN3O6P/c1-13(2)22(14(3)4)29(26-10-8-21-5)28-16-15(11-23)27-18(19)17(16)25-12-24-9-6-7-20/h13-18,23H,6,8-12,19H2,1-4H3/t15-,16?,17+,18-,29?/m1/s1/i23D. The van der Waals surface area contributed by atoms with Gasteiger partial charge in [0.25, 0.3) is 8.53 Å². The summed E-state index contributed by atoms with van der Waals surface area (Å²) in [7, 11) is 0.362. The van der Waals surface area contributed by atoms with Crippen LogP contribution in [0.5, 0.6) is 0 Å². The molecule has 5 atom stereocenters. The summed E-state index contributed by atoms with van der Waals surface area (Å²) < 4.78 is 38.8. The summed E-state index contributed by atoms with van der Waals surface area (Å²) >= 11 is 0. The second kappa shape index (κ2) is 14.2. The number of nitrogens with zero attached hydrogens (tertiary/aromatic N) is 3. The van der Waals surface area contributed by atoms with Crippen LogP contribution >= 0.6 is 8.53 Å². The Balaban J connectivity index is 2.96. The maximum atomic E-state index is 8.61. The molecule has 29 heavy (non-hydrogen) atoms. The van der Waals surface area contributed by atoms with Crippen molar-refractivity contribution in [3.8, 4) is 6.07 Å². The first kappa shape index (κ1) is 24.5. The predicted octanol–water partition coefficient (Wildman–Crippen LogP) is 1.28. The molecule has 1 N–H and O–H groups in total. The summed E-state index contributed by atoms with van der Waals surface area (Å²) in [6.07, 6.45) is -1.21. The lowest BCUT2D eigenvalue weighted by molar-refractivity contribution is -0.113. The molecule has 164 valence electrons. The average Bonchev–Trinajstić information content (AvgIpc) is 2.96. The van der Waals surface area contributed by atoms with Gasteiger partial charge in [-0.2, -0.15) is 5.26 Å². The summed E-state index contributed by atoms with van der Waals surface area (Å²) in [5, 5.41) is 13.2. The van der Waals surface area contributed by atoms with E-state index in [0.29, 0.717) is 0 Å². The molecule has 2 unspecified atom stereocenters. The SMILES string of the molecule is [2H]OC[C@H]1O[C@@H](B)[C@@H](OCOCCC#N)C1OP(OCC[N+]#[C-])N(C(C)C)C(C)C. The van der Waals surface area contributed by atoms with Crippen LogP contribution in [-0.2, 0) is 23.3 Å². The van der Waals surface area contributed by atoms with Crippen LogP contribution in [0.25, 0.3) is 4.85 Å². The lowest BCUT2D eigenvalue weighted by Gasteiger charge is -2.38. The fourth-order valence-corrected chi connectivity index (χ4v) is 4.86. The highest BCUT2D eigenvalue weighted by atomic mass is 31.2. The molecule has 1 aliphatic heterocycles. The van der Waals surface area contributed by atoms with Crippen LogP contribution in [0.2, 0.25) is 0 Å². The Bertz CT molecular complexity index is 557. The number of rotatable bonds is 15. The monoisotopic (exact) mass is 430 g/mol. The summed E-state index contributed by atoms with van der Waals surface area (Å²) in [6.45, 7) is 16.1. The Morgan fingerprint density at radius 3 is 2.66 bits per heavy atom. The second-order valence-electron chi connectivity index (χ2n) is 7.20. The smallest absolute Gasteiger partial charge is 0.259 e. The van der Waals surface area contributed by atoms with Crippen LogP contribution in [0.1, 0.15) is 34.1 Å². The minimum absolute atomic E-state index is 0.00292. The maximum Gasteiger partial charge on any atom is 0.259 e. The summed E-state index contributed by atoms with van der Waals surface area (Å²) in [5.74, 6) is 0. The van der Waals surface area contributed by atoms with Gasteiger partial charge in [-0.1, -0.05) is 0 Å². The molecule has 0 aromatic carbocycles. The molecule has 0 aromatic rings. The quantitative estimate of drug-likeness (QED) is 0.136. The van der Waals surface area contributed by atoms with Crippen LogP contribution in [0.4, 0.5) is 0 Å². The van der Waals surface area contributed by atoms with Crippen molar-refractivity contribution in [2.45, 2.75) is 70.5 Å². The number of aliphatic hydroxyl groups excluding tert-OH is 1. The van der Waals surface area contributed by atoms with E-state index in [4.69, 9.17) is 36.5 Å². The number of hydrogen-bond acceptors (Lipinski definition) is 8. The molecule has 0 aromatic heterocycles. The molecule has 0 aliphatic carbocycles. The van der Waals surface area contributed by atoms with Crippen molar-refractivity contribution in [2.24, 2.45) is 0 Å². The Labute approximate surface area is 177 Å². The summed E-state index contributed by atoms with van der Waals surface area (Å²) in [5.41, 5.74) is 0. The van der Waals surface area contributed by atoms with E-state index < -0.39 is 26.8 Å². The number of hydrogen-bond donors (Lipinski definition) is 1. The largest absolute Gasteiger partial charge is 0.394 e. The highest BCUT2D eigenvalue weighted by Gasteiger charge is 2.46. The maximum absolute atomic E-state index is 8.61. The van der Waals surface area contributed by atoms with E-state index in [2.05, 4.69) is 42.3 Å². The van der Waals surface area contributed by atoms with Crippen LogP contribution in [-0.4, -0.2) is 88.6 Å². The van der Waals surface area contributed by atoms with Gasteiger partial charge >= 0.3 is 0 Å². The van der Waals surface area contributed by atoms with E-state index in [1.54, 1.807) is 0 Å². The van der Waals surface area contributed by atoms with Crippen LogP contribution in [0, 0.1) is 17.9 Å². The first-order chi connectivity index (χ1) is 14.4. The van der Waals surface area contributed by atoms with E-state index in [0.717, 1.165) is 0 Å². The first-order valence-electron chi connectivity index (χ1n) is 10.3. The van der Waals surface area contributed by atoms with Gasteiger partial charge in [0, 0.05) is 12.1 Å². The van der Waals surface area contributed by atoms with E-state index in [9.17, 15) is 0 Å². The Morgan fingerprint density at radius 2 is 2.07 bits per heavy atom. The molecule has 1 heterocycles. The van der Waals surface area contributed by atoms with Gasteiger partial charge in [0.2, 0.25) is 7.98 Å². The molecular weight excluding hydrogens is 396 g/mol. The molecule has 1 fully saturated rings. The molecule has 9 nitrogen and oxygen atoms in total. The van der Waals surface area contributed by atoms with Crippen LogP contribution in [0.15, 0.2) is 0 Å². The minimum atomic E-state index is -1.50. The van der Waals surface area contributed by atoms with Crippen molar-refractivity contribution in [1.29, 1.82) is 6.69 Å². The predicted molar refractivity (Wildman–Crippen MR) is 112 cm³/mol. The van der Waals surface area contributed by atoms with Crippen molar-refractivity contribution in [1.82, 2.24) is 4.67 Å². The molecule has 0 radical (unpaired) electrons. The highest BCUT2D eigenvalue weighted by Crippen LogP contribution is 2.49. The Morgan fingerprint density at radius 1 is 1.34 bits per heavy atom. The van der Waals surface area contributed by atoms with Crippen molar-refractivity contribution in [2.75, 3.05) is 33.2 Å². The van der Waals surface area contributed by atoms with Crippen molar-refractivity contribution in [3.63, 3.8) is 0 Å². The minimum Gasteiger partial charge on any atom is -0.394 e. The molecule has 0 bridgehead atoms. The highest BCUT2D eigenvalue weighted by molar-refractivity contribution is 7.44. The molecule has 1 saturated heterocycles. The van der Waals surface area contributed by atoms with Crippen LogP contribution < -0.4 is 0 Å². The fourth-order valence-electron chi connectivity index (χ4n) is 3.10. The molecule has 1 aliphatic rings. The number of nitriles is 1. The Hall–Kier alpha value is -0.805. The molecule has 0 spiro atoms. The van der Waals surface area contributed by atoms with E-state index >= 15 is 0 Å². The van der Waals surface area contributed by atoms with Gasteiger partial charge in [0.1, 0.15) is 39.6 Å². The lowest BCUT2D eigenvalue weighted by Crippen LogP contribution is -2.41. The Kier molecular flexibility index (Phi) is 12.0. The van der Waals surface area contributed by atoms with E-state index in [-0.39, 0.29) is 57.7 Å². The topological polar surface area (TPSA) is 97.8 Å². The fraction of sp³-hybridized carbons (Fsp3) is 0.889. The zero-order valence-corrected chi connectivity index (χ0v) is 18.8. The summed E-state index contributed by atoms with van der Waals surface area (Å²) in [4.78, 5) is 3.35. The van der Waals surface area contributed by atoms with Crippen molar-refractivity contribution >= 4 is 16.4 Å². The second-order valence-corrected chi connectivity index (χ2v) is 8.61. The number of ether oxygens (including phenoxy) is 3. The third-order valence-corrected chi connectivity index (χ3v) is 6.40. The van der Waals surface area contributed by atoms with Gasteiger partial charge in [-0.25, -0.2) is 11.2 Å². The molecule has 0 saturated carbocycles. The zero-order chi connectivity index (χ0) is 22.5. The van der Waals surface area contributed by atoms with Gasteiger partial charge < -0.3 is 33.2 Å². The van der Waals surface area contributed by atoms with Gasteiger partial charge in [-0.05, 0) is 27.7 Å². The van der Waals surface area contributed by atoms with Crippen LogP contribution in [0.3, 0.4) is 0 Å². The molecule has 0 amide bonds. The summed E-state index contributed by atoms with van der Waals surface area (Å²) in [6, 6.07) is 2.02. The van der Waals surface area contributed by atoms with Gasteiger partial charge in [-0.15, -0.1) is 0 Å². The van der Waals surface area contributed by atoms with E-state index in [1.165, 1.54) is 0 Å². The number of aliphatic hydroxyl groups is 1. The van der Waals surface area contributed by atoms with Gasteiger partial charge in [-0.3, -0.25) is 0 Å². The third-order valence-electron chi connectivity index (χ3n) is 4.27. The molecule has 1 rings (SSSR count). The van der Waals surface area contributed by atoms with E-state index in [1.807, 2.05) is 13.9 Å². The first-order valence-corrected chi connectivity index (χ1v) is 11.0. The van der Waals surface area contributed by atoms with Crippen molar-refractivity contribution < 1.29 is 28.4 Å². The normalized spacial score (nSPS) is 25.9. The lowest BCUT2D eigenvalue weighted by atomic mass is 9.93. The molecule has 11 heteroatoms. The van der Waals surface area contributed by atoms with Gasteiger partial charge in [0.05, 0.1) is 31.7 Å². The van der Waals surface area contributed by atoms with Gasteiger partial charge in [0.15, 0.2) is 0 Å². The third kappa shape index (κ3) is 8.45. The average molecular weight is 430 g/mol. The molecular formula is C18H33BN3O6P. The van der Waals surface area contributed by atoms with Crippen molar-refractivity contribution in [3.05, 3.63) is 11.4 Å².